The molecule has 1 heterocycles. The van der Waals surface area contributed by atoms with Crippen molar-refractivity contribution in [3.63, 3.8) is 0 Å². The van der Waals surface area contributed by atoms with Crippen LogP contribution in [-0.4, -0.2) is 22.9 Å². The van der Waals surface area contributed by atoms with Gasteiger partial charge in [0.25, 0.3) is 0 Å². The van der Waals surface area contributed by atoms with Gasteiger partial charge in [-0.2, -0.15) is 0 Å². The van der Waals surface area contributed by atoms with Gasteiger partial charge in [-0.1, -0.05) is 24.3 Å². The molecule has 0 saturated carbocycles. The largest absolute Gasteiger partial charge is 0.457 e. The molecule has 0 N–H and O–H groups in total. The van der Waals surface area contributed by atoms with Crippen molar-refractivity contribution in [1.29, 1.82) is 0 Å². The SMILES string of the molecule is Cn1cccc1C(=O)COC(=O)c1cccc(Oc2ccccc2)c1. The number of para-hydroxylation sites is 1. The van der Waals surface area contributed by atoms with Crippen molar-refractivity contribution in [1.82, 2.24) is 4.57 Å². The van der Waals surface area contributed by atoms with Crippen molar-refractivity contribution in [2.75, 3.05) is 6.61 Å². The molecule has 0 aliphatic carbocycles. The lowest BCUT2D eigenvalue weighted by molar-refractivity contribution is 0.0472. The molecule has 0 unspecified atom stereocenters. The van der Waals surface area contributed by atoms with E-state index in [-0.39, 0.29) is 12.4 Å². The second-order valence-corrected chi connectivity index (χ2v) is 5.45. The Morgan fingerprint density at radius 3 is 2.40 bits per heavy atom. The highest BCUT2D eigenvalue weighted by Crippen LogP contribution is 2.22. The number of rotatable bonds is 6. The summed E-state index contributed by atoms with van der Waals surface area (Å²) in [6.07, 6.45) is 1.76. The van der Waals surface area contributed by atoms with Crippen LogP contribution in [0.2, 0.25) is 0 Å². The highest BCUT2D eigenvalue weighted by Gasteiger charge is 2.14. The summed E-state index contributed by atoms with van der Waals surface area (Å²) in [4.78, 5) is 24.2. The van der Waals surface area contributed by atoms with E-state index in [1.165, 1.54) is 0 Å². The van der Waals surface area contributed by atoms with E-state index in [1.807, 2.05) is 30.3 Å². The van der Waals surface area contributed by atoms with Gasteiger partial charge in [0, 0.05) is 13.2 Å². The first-order chi connectivity index (χ1) is 12.1. The third-order valence-corrected chi connectivity index (χ3v) is 3.61. The van der Waals surface area contributed by atoms with Crippen molar-refractivity contribution in [2.24, 2.45) is 7.05 Å². The molecule has 25 heavy (non-hydrogen) atoms. The molecule has 5 nitrogen and oxygen atoms in total. The first kappa shape index (κ1) is 16.5. The van der Waals surface area contributed by atoms with E-state index in [0.29, 0.717) is 22.8 Å². The molecule has 2 aromatic carbocycles. The maximum absolute atomic E-state index is 12.2. The van der Waals surface area contributed by atoms with Gasteiger partial charge in [0.15, 0.2) is 6.61 Å². The molecule has 0 saturated heterocycles. The molecule has 0 aliphatic rings. The minimum absolute atomic E-state index is 0.252. The number of aryl methyl sites for hydroxylation is 1. The molecule has 126 valence electrons. The zero-order chi connectivity index (χ0) is 17.6. The maximum atomic E-state index is 12.2. The Balaban J connectivity index is 1.63. The van der Waals surface area contributed by atoms with Crippen LogP contribution in [0.15, 0.2) is 72.9 Å². The topological polar surface area (TPSA) is 57.5 Å². The molecule has 3 rings (SSSR count). The first-order valence-corrected chi connectivity index (χ1v) is 7.78. The Morgan fingerprint density at radius 2 is 1.68 bits per heavy atom. The maximum Gasteiger partial charge on any atom is 0.338 e. The van der Waals surface area contributed by atoms with Crippen molar-refractivity contribution >= 4 is 11.8 Å². The van der Waals surface area contributed by atoms with Crippen LogP contribution >= 0.6 is 0 Å². The number of aromatic nitrogens is 1. The van der Waals surface area contributed by atoms with Crippen LogP contribution in [0.1, 0.15) is 20.8 Å². The highest BCUT2D eigenvalue weighted by atomic mass is 16.5. The van der Waals surface area contributed by atoms with E-state index in [2.05, 4.69) is 0 Å². The van der Waals surface area contributed by atoms with Gasteiger partial charge >= 0.3 is 5.97 Å². The average Bonchev–Trinajstić information content (AvgIpc) is 3.06. The van der Waals surface area contributed by atoms with E-state index < -0.39 is 5.97 Å². The Morgan fingerprint density at radius 1 is 0.920 bits per heavy atom. The number of ether oxygens (including phenoxy) is 2. The molecule has 1 aromatic heterocycles. The third kappa shape index (κ3) is 4.14. The van der Waals surface area contributed by atoms with Crippen LogP contribution in [0.5, 0.6) is 11.5 Å². The molecule has 0 bridgehead atoms. The summed E-state index contributed by atoms with van der Waals surface area (Å²) in [5.41, 5.74) is 0.821. The fourth-order valence-corrected chi connectivity index (χ4v) is 2.35. The quantitative estimate of drug-likeness (QED) is 0.507. The number of ketones is 1. The molecule has 0 amide bonds. The smallest absolute Gasteiger partial charge is 0.338 e. The molecule has 0 spiro atoms. The summed E-state index contributed by atoms with van der Waals surface area (Å²) < 4.78 is 12.5. The van der Waals surface area contributed by atoms with E-state index in [4.69, 9.17) is 9.47 Å². The van der Waals surface area contributed by atoms with Crippen molar-refractivity contribution < 1.29 is 19.1 Å². The zero-order valence-electron chi connectivity index (χ0n) is 13.7. The van der Waals surface area contributed by atoms with Crippen LogP contribution in [0, 0.1) is 0 Å². The van der Waals surface area contributed by atoms with Crippen molar-refractivity contribution in [2.45, 2.75) is 0 Å². The first-order valence-electron chi connectivity index (χ1n) is 7.78. The van der Waals surface area contributed by atoms with Crippen LogP contribution in [0.25, 0.3) is 0 Å². The number of benzene rings is 2. The number of Topliss-reactive ketones (excluding diaryl/α,β-unsaturated/α-hetero) is 1. The van der Waals surface area contributed by atoms with E-state index >= 15 is 0 Å². The lowest BCUT2D eigenvalue weighted by atomic mass is 10.2. The summed E-state index contributed by atoms with van der Waals surface area (Å²) in [6.45, 7) is -0.305. The van der Waals surface area contributed by atoms with Gasteiger partial charge in [-0.05, 0) is 42.5 Å². The predicted molar refractivity (Wildman–Crippen MR) is 93.0 cm³/mol. The number of carbonyl (C=O) groups is 2. The fraction of sp³-hybridized carbons (Fsp3) is 0.100. The molecule has 0 aliphatic heterocycles. The third-order valence-electron chi connectivity index (χ3n) is 3.61. The zero-order valence-corrected chi connectivity index (χ0v) is 13.7. The van der Waals surface area contributed by atoms with Gasteiger partial charge in [0.1, 0.15) is 11.5 Å². The van der Waals surface area contributed by atoms with Crippen LogP contribution < -0.4 is 4.74 Å². The Labute approximate surface area is 145 Å². The number of esters is 1. The minimum Gasteiger partial charge on any atom is -0.457 e. The van der Waals surface area contributed by atoms with E-state index in [1.54, 1.807) is 54.2 Å². The van der Waals surface area contributed by atoms with E-state index in [9.17, 15) is 9.59 Å². The molecule has 3 aromatic rings. The molecule has 5 heteroatoms. The normalized spacial score (nSPS) is 10.3. The fourth-order valence-electron chi connectivity index (χ4n) is 2.35. The molecule has 0 radical (unpaired) electrons. The molecular weight excluding hydrogens is 318 g/mol. The summed E-state index contributed by atoms with van der Waals surface area (Å²) in [5.74, 6) is 0.375. The second-order valence-electron chi connectivity index (χ2n) is 5.45. The molecule has 0 atom stereocenters. The molecule has 0 fully saturated rings. The number of hydrogen-bond donors (Lipinski definition) is 0. The predicted octanol–water partition coefficient (Wildman–Crippen LogP) is 3.86. The summed E-state index contributed by atoms with van der Waals surface area (Å²) in [6, 6.07) is 19.4. The van der Waals surface area contributed by atoms with Gasteiger partial charge in [0.05, 0.1) is 11.3 Å². The average molecular weight is 335 g/mol. The monoisotopic (exact) mass is 335 g/mol. The van der Waals surface area contributed by atoms with Gasteiger partial charge < -0.3 is 14.0 Å². The summed E-state index contributed by atoms with van der Waals surface area (Å²) in [5, 5.41) is 0. The summed E-state index contributed by atoms with van der Waals surface area (Å²) in [7, 11) is 1.76. The number of nitrogens with zero attached hydrogens (tertiary/aromatic N) is 1. The van der Waals surface area contributed by atoms with Crippen LogP contribution in [-0.2, 0) is 11.8 Å². The number of carbonyl (C=O) groups excluding carboxylic acids is 2. The standard InChI is InChI=1S/C20H17NO4/c1-21-12-6-11-18(21)19(22)14-24-20(23)15-7-5-10-17(13-15)25-16-8-3-2-4-9-16/h2-13H,14H2,1H3. The van der Waals surface area contributed by atoms with Crippen LogP contribution in [0.4, 0.5) is 0 Å². The van der Waals surface area contributed by atoms with Gasteiger partial charge in [-0.25, -0.2) is 4.79 Å². The van der Waals surface area contributed by atoms with E-state index in [0.717, 1.165) is 0 Å². The number of hydrogen-bond acceptors (Lipinski definition) is 4. The molecular formula is C20H17NO4. The van der Waals surface area contributed by atoms with Crippen LogP contribution in [0.3, 0.4) is 0 Å². The highest BCUT2D eigenvalue weighted by molar-refractivity contribution is 5.98. The van der Waals surface area contributed by atoms with Gasteiger partial charge in [-0.3, -0.25) is 4.79 Å². The lowest BCUT2D eigenvalue weighted by Gasteiger charge is -2.08. The Bertz CT molecular complexity index is 883. The minimum atomic E-state index is -0.568. The van der Waals surface area contributed by atoms with Gasteiger partial charge in [0.2, 0.25) is 5.78 Å². The summed E-state index contributed by atoms with van der Waals surface area (Å²) >= 11 is 0. The van der Waals surface area contributed by atoms with Crippen molar-refractivity contribution in [3.05, 3.63) is 84.2 Å². The lowest BCUT2D eigenvalue weighted by Crippen LogP contribution is -2.16. The Kier molecular flexibility index (Phi) is 4.95. The second kappa shape index (κ2) is 7.49. The van der Waals surface area contributed by atoms with Gasteiger partial charge in [-0.15, -0.1) is 0 Å². The Hall–Kier alpha value is -3.34. The van der Waals surface area contributed by atoms with Crippen molar-refractivity contribution in [3.8, 4) is 11.5 Å².